The van der Waals surface area contributed by atoms with E-state index in [1.54, 1.807) is 6.92 Å². The number of benzene rings is 1. The van der Waals surface area contributed by atoms with E-state index in [-0.39, 0.29) is 23.3 Å². The Morgan fingerprint density at radius 3 is 2.15 bits per heavy atom. The molecule has 0 bridgehead atoms. The third-order valence-electron chi connectivity index (χ3n) is 3.60. The van der Waals surface area contributed by atoms with E-state index in [1.165, 1.54) is 10.5 Å². The molecule has 0 aromatic heterocycles. The molecule has 1 heterocycles. The zero-order chi connectivity index (χ0) is 15.1. The lowest BCUT2D eigenvalue weighted by molar-refractivity contribution is -0.133. The van der Waals surface area contributed by atoms with Gasteiger partial charge in [0.1, 0.15) is 0 Å². The molecular formula is C16H19NO3. The van der Waals surface area contributed by atoms with Gasteiger partial charge in [-0.1, -0.05) is 32.9 Å². The zero-order valence-corrected chi connectivity index (χ0v) is 12.2. The molecule has 2 rings (SSSR count). The standard InChI is InChI=1S/C16H19NO3/c1-10-13(15(19)20)9-14(18)17(10)12-7-5-11(6-8-12)16(2,3)4/h5-8H,9H2,1-4H3,(H,19,20). The van der Waals surface area contributed by atoms with Crippen LogP contribution in [0.3, 0.4) is 0 Å². The van der Waals surface area contributed by atoms with Crippen LogP contribution in [0.1, 0.15) is 39.7 Å². The van der Waals surface area contributed by atoms with E-state index in [1.807, 2.05) is 24.3 Å². The fourth-order valence-corrected chi connectivity index (χ4v) is 2.36. The molecule has 1 aromatic carbocycles. The quantitative estimate of drug-likeness (QED) is 0.900. The smallest absolute Gasteiger partial charge is 0.333 e. The van der Waals surface area contributed by atoms with Crippen LogP contribution in [0.25, 0.3) is 0 Å². The molecule has 1 N–H and O–H groups in total. The maximum absolute atomic E-state index is 12.0. The molecule has 0 saturated carbocycles. The first-order valence-corrected chi connectivity index (χ1v) is 6.58. The number of hydrogen-bond donors (Lipinski definition) is 1. The van der Waals surface area contributed by atoms with Crippen LogP contribution in [0.2, 0.25) is 0 Å². The van der Waals surface area contributed by atoms with Crippen LogP contribution < -0.4 is 4.90 Å². The average molecular weight is 273 g/mol. The van der Waals surface area contributed by atoms with E-state index in [9.17, 15) is 9.59 Å². The molecule has 1 aromatic rings. The van der Waals surface area contributed by atoms with Crippen LogP contribution in [0.15, 0.2) is 35.5 Å². The highest BCUT2D eigenvalue weighted by Crippen LogP contribution is 2.31. The van der Waals surface area contributed by atoms with Crippen molar-refractivity contribution in [2.75, 3.05) is 4.90 Å². The molecule has 0 spiro atoms. The Kier molecular flexibility index (Phi) is 3.42. The summed E-state index contributed by atoms with van der Waals surface area (Å²) >= 11 is 0. The van der Waals surface area contributed by atoms with Gasteiger partial charge in [-0.2, -0.15) is 0 Å². The van der Waals surface area contributed by atoms with Crippen LogP contribution in [-0.2, 0) is 15.0 Å². The number of carboxylic acids is 1. The van der Waals surface area contributed by atoms with Crippen molar-refractivity contribution in [3.63, 3.8) is 0 Å². The second-order valence-corrected chi connectivity index (χ2v) is 6.07. The molecule has 0 aliphatic carbocycles. The van der Waals surface area contributed by atoms with Gasteiger partial charge in [0.2, 0.25) is 5.91 Å². The number of rotatable bonds is 2. The molecule has 106 valence electrons. The number of carboxylic acid groups (broad SMARTS) is 1. The van der Waals surface area contributed by atoms with Gasteiger partial charge >= 0.3 is 5.97 Å². The average Bonchev–Trinajstić information content (AvgIpc) is 2.64. The molecule has 0 unspecified atom stereocenters. The van der Waals surface area contributed by atoms with E-state index in [0.29, 0.717) is 5.70 Å². The predicted molar refractivity (Wildman–Crippen MR) is 77.6 cm³/mol. The van der Waals surface area contributed by atoms with Gasteiger partial charge in [0.25, 0.3) is 0 Å². The number of aliphatic carboxylic acids is 1. The number of amides is 1. The SMILES string of the molecule is CC1=C(C(=O)O)CC(=O)N1c1ccc(C(C)(C)C)cc1. The first-order chi connectivity index (χ1) is 9.21. The van der Waals surface area contributed by atoms with Gasteiger partial charge in [-0.15, -0.1) is 0 Å². The van der Waals surface area contributed by atoms with Crippen LogP contribution in [0.4, 0.5) is 5.69 Å². The lowest BCUT2D eigenvalue weighted by atomic mass is 9.87. The van der Waals surface area contributed by atoms with Gasteiger partial charge in [0, 0.05) is 11.4 Å². The summed E-state index contributed by atoms with van der Waals surface area (Å²) in [5.41, 5.74) is 2.62. The Morgan fingerprint density at radius 2 is 1.75 bits per heavy atom. The summed E-state index contributed by atoms with van der Waals surface area (Å²) in [6.45, 7) is 8.04. The molecule has 0 atom stereocenters. The molecule has 1 amide bonds. The minimum Gasteiger partial charge on any atom is -0.478 e. The van der Waals surface area contributed by atoms with E-state index in [2.05, 4.69) is 20.8 Å². The Hall–Kier alpha value is -2.10. The first-order valence-electron chi connectivity index (χ1n) is 6.58. The number of anilines is 1. The monoisotopic (exact) mass is 273 g/mol. The first kappa shape index (κ1) is 14.3. The van der Waals surface area contributed by atoms with Crippen LogP contribution in [-0.4, -0.2) is 17.0 Å². The summed E-state index contributed by atoms with van der Waals surface area (Å²) in [5, 5.41) is 9.08. The molecule has 0 fully saturated rings. The van der Waals surface area contributed by atoms with Crippen molar-refractivity contribution in [3.05, 3.63) is 41.1 Å². The normalized spacial score (nSPS) is 16.0. The maximum Gasteiger partial charge on any atom is 0.333 e. The summed E-state index contributed by atoms with van der Waals surface area (Å²) < 4.78 is 0. The van der Waals surface area contributed by atoms with Crippen LogP contribution in [0, 0.1) is 0 Å². The van der Waals surface area contributed by atoms with Gasteiger partial charge in [0.15, 0.2) is 0 Å². The zero-order valence-electron chi connectivity index (χ0n) is 12.2. The minimum absolute atomic E-state index is 0.0395. The molecular weight excluding hydrogens is 254 g/mol. The molecule has 0 saturated heterocycles. The molecule has 20 heavy (non-hydrogen) atoms. The maximum atomic E-state index is 12.0. The predicted octanol–water partition coefficient (Wildman–Crippen LogP) is 3.08. The minimum atomic E-state index is -1.02. The van der Waals surface area contributed by atoms with Crippen molar-refractivity contribution >= 4 is 17.6 Å². The molecule has 0 radical (unpaired) electrons. The Labute approximate surface area is 118 Å². The van der Waals surface area contributed by atoms with E-state index in [0.717, 1.165) is 5.69 Å². The number of hydrogen-bond acceptors (Lipinski definition) is 2. The number of allylic oxidation sites excluding steroid dienone is 1. The van der Waals surface area contributed by atoms with Crippen molar-refractivity contribution in [1.29, 1.82) is 0 Å². The van der Waals surface area contributed by atoms with Gasteiger partial charge < -0.3 is 5.11 Å². The molecule has 4 heteroatoms. The van der Waals surface area contributed by atoms with E-state index >= 15 is 0 Å². The summed E-state index contributed by atoms with van der Waals surface area (Å²) in [6, 6.07) is 7.70. The summed E-state index contributed by atoms with van der Waals surface area (Å²) in [6.07, 6.45) is -0.0395. The van der Waals surface area contributed by atoms with Crippen molar-refractivity contribution in [2.45, 2.75) is 39.5 Å². The Bertz CT molecular complexity index is 591. The van der Waals surface area contributed by atoms with Gasteiger partial charge in [-0.25, -0.2) is 4.79 Å². The second-order valence-electron chi connectivity index (χ2n) is 6.07. The summed E-state index contributed by atoms with van der Waals surface area (Å²) in [7, 11) is 0. The van der Waals surface area contributed by atoms with Gasteiger partial charge in [-0.3, -0.25) is 9.69 Å². The fourth-order valence-electron chi connectivity index (χ4n) is 2.36. The lowest BCUT2D eigenvalue weighted by Gasteiger charge is -2.22. The Balaban J connectivity index is 2.37. The summed E-state index contributed by atoms with van der Waals surface area (Å²) in [4.78, 5) is 24.6. The number of carbonyl (C=O) groups excluding carboxylic acids is 1. The number of carbonyl (C=O) groups is 2. The molecule has 4 nitrogen and oxygen atoms in total. The fraction of sp³-hybridized carbons (Fsp3) is 0.375. The third-order valence-corrected chi connectivity index (χ3v) is 3.60. The van der Waals surface area contributed by atoms with Crippen molar-refractivity contribution in [1.82, 2.24) is 0 Å². The highest BCUT2D eigenvalue weighted by Gasteiger charge is 2.32. The molecule has 1 aliphatic rings. The number of nitrogens with zero attached hydrogens (tertiary/aromatic N) is 1. The van der Waals surface area contributed by atoms with E-state index in [4.69, 9.17) is 5.11 Å². The van der Waals surface area contributed by atoms with E-state index < -0.39 is 5.97 Å². The highest BCUT2D eigenvalue weighted by molar-refractivity contribution is 6.08. The summed E-state index contributed by atoms with van der Waals surface area (Å²) in [5.74, 6) is -1.21. The lowest BCUT2D eigenvalue weighted by Crippen LogP contribution is -2.23. The third kappa shape index (κ3) is 2.46. The molecule has 1 aliphatic heterocycles. The second kappa shape index (κ2) is 4.78. The highest BCUT2D eigenvalue weighted by atomic mass is 16.4. The van der Waals surface area contributed by atoms with Crippen LogP contribution >= 0.6 is 0 Å². The topological polar surface area (TPSA) is 57.6 Å². The Morgan fingerprint density at radius 1 is 1.20 bits per heavy atom. The van der Waals surface area contributed by atoms with Crippen molar-refractivity contribution in [3.8, 4) is 0 Å². The van der Waals surface area contributed by atoms with Crippen LogP contribution in [0.5, 0.6) is 0 Å². The van der Waals surface area contributed by atoms with Gasteiger partial charge in [0.05, 0.1) is 12.0 Å². The van der Waals surface area contributed by atoms with Crippen molar-refractivity contribution < 1.29 is 14.7 Å². The largest absolute Gasteiger partial charge is 0.478 e. The van der Waals surface area contributed by atoms with Gasteiger partial charge in [-0.05, 0) is 30.0 Å². The van der Waals surface area contributed by atoms with Crippen molar-refractivity contribution in [2.24, 2.45) is 0 Å².